The lowest BCUT2D eigenvalue weighted by Gasteiger charge is -2.24. The monoisotopic (exact) mass is 548 g/mol. The van der Waals surface area contributed by atoms with Gasteiger partial charge in [0.05, 0.1) is 34.4 Å². The minimum absolute atomic E-state index is 0.0328. The number of quaternary nitrogens is 1. The molecule has 1 N–H and O–H groups in total. The smallest absolute Gasteiger partial charge is 0.330 e. The van der Waals surface area contributed by atoms with E-state index in [0.29, 0.717) is 32.7 Å². The third-order valence-corrected chi connectivity index (χ3v) is 7.45. The summed E-state index contributed by atoms with van der Waals surface area (Å²) in [5.74, 6) is 0.203. The molecule has 0 amide bonds. The van der Waals surface area contributed by atoms with E-state index in [1.807, 2.05) is 6.92 Å². The second-order valence-corrected chi connectivity index (χ2v) is 12.8. The number of likely N-dealkylation sites (N-methyl/N-ethyl adjacent to an activating group) is 1. The van der Waals surface area contributed by atoms with Crippen LogP contribution in [0.2, 0.25) is 0 Å². The molecule has 0 aliphatic heterocycles. The summed E-state index contributed by atoms with van der Waals surface area (Å²) in [6.45, 7) is 7.05. The summed E-state index contributed by atoms with van der Waals surface area (Å²) >= 11 is 0. The minimum atomic E-state index is -1.92. The van der Waals surface area contributed by atoms with E-state index < -0.39 is 8.60 Å². The largest absolute Gasteiger partial charge is 0.381 e. The zero-order chi connectivity index (χ0) is 27.6. The van der Waals surface area contributed by atoms with Crippen molar-refractivity contribution < 1.29 is 28.0 Å². The van der Waals surface area contributed by atoms with Gasteiger partial charge < -0.3 is 23.2 Å². The minimum Gasteiger partial charge on any atom is -0.381 e. The highest BCUT2D eigenvalue weighted by atomic mass is 31.2. The van der Waals surface area contributed by atoms with Crippen LogP contribution in [0.4, 0.5) is 0 Å². The first-order valence-electron chi connectivity index (χ1n) is 15.4. The molecule has 0 aromatic carbocycles. The van der Waals surface area contributed by atoms with Crippen molar-refractivity contribution in [1.82, 2.24) is 0 Å². The Hall–Kier alpha value is -0.100. The molecule has 37 heavy (non-hydrogen) atoms. The lowest BCUT2D eigenvalue weighted by molar-refractivity contribution is -0.870. The number of ether oxygens (including phenoxy) is 1. The SMILES string of the molecule is CCCCCCCCCCCCCCCCCOCC(COP(O)OCC[N+](C)(C)C)CC(=O)CCC. The van der Waals surface area contributed by atoms with Gasteiger partial charge in [0.2, 0.25) is 0 Å². The van der Waals surface area contributed by atoms with E-state index in [1.165, 1.54) is 89.9 Å². The van der Waals surface area contributed by atoms with Crippen molar-refractivity contribution in [3.8, 4) is 0 Å². The molecular formula is C30H63NO5P+. The van der Waals surface area contributed by atoms with Gasteiger partial charge in [-0.15, -0.1) is 0 Å². The van der Waals surface area contributed by atoms with Gasteiger partial charge in [-0.3, -0.25) is 4.79 Å². The Morgan fingerprint density at radius 3 is 1.70 bits per heavy atom. The predicted octanol–water partition coefficient (Wildman–Crippen LogP) is 8.21. The van der Waals surface area contributed by atoms with E-state index in [-0.39, 0.29) is 11.7 Å². The number of hydrogen-bond acceptors (Lipinski definition) is 5. The van der Waals surface area contributed by atoms with Crippen LogP contribution in [0, 0.1) is 5.92 Å². The molecule has 0 fully saturated rings. The Kier molecular flexibility index (Phi) is 26.1. The average Bonchev–Trinajstić information content (AvgIpc) is 2.83. The van der Waals surface area contributed by atoms with Gasteiger partial charge in [0.1, 0.15) is 18.9 Å². The fourth-order valence-electron chi connectivity index (χ4n) is 4.29. The van der Waals surface area contributed by atoms with Crippen LogP contribution in [0.15, 0.2) is 0 Å². The molecule has 2 unspecified atom stereocenters. The van der Waals surface area contributed by atoms with Crippen LogP contribution in [0.5, 0.6) is 0 Å². The number of rotatable bonds is 29. The van der Waals surface area contributed by atoms with Gasteiger partial charge in [0.25, 0.3) is 0 Å². The van der Waals surface area contributed by atoms with Gasteiger partial charge in [-0.2, -0.15) is 0 Å². The molecule has 0 saturated heterocycles. The Morgan fingerprint density at radius 2 is 1.22 bits per heavy atom. The number of Topliss-reactive ketones (excluding diaryl/α,β-unsaturated/α-hetero) is 1. The summed E-state index contributed by atoms with van der Waals surface area (Å²) in [4.78, 5) is 22.2. The Balaban J connectivity index is 3.79. The van der Waals surface area contributed by atoms with Gasteiger partial charge in [0, 0.05) is 25.4 Å². The van der Waals surface area contributed by atoms with E-state index in [9.17, 15) is 9.69 Å². The van der Waals surface area contributed by atoms with Gasteiger partial charge in [-0.05, 0) is 12.8 Å². The molecule has 0 radical (unpaired) electrons. The van der Waals surface area contributed by atoms with Gasteiger partial charge in [0.15, 0.2) is 0 Å². The first kappa shape index (κ1) is 36.9. The summed E-state index contributed by atoms with van der Waals surface area (Å²) in [6.07, 6.45) is 22.2. The van der Waals surface area contributed by atoms with Crippen LogP contribution >= 0.6 is 8.60 Å². The van der Waals surface area contributed by atoms with Gasteiger partial charge in [-0.1, -0.05) is 104 Å². The van der Waals surface area contributed by atoms with E-state index in [2.05, 4.69) is 28.1 Å². The predicted molar refractivity (Wildman–Crippen MR) is 158 cm³/mol. The van der Waals surface area contributed by atoms with E-state index in [0.717, 1.165) is 30.5 Å². The zero-order valence-corrected chi connectivity index (χ0v) is 26.2. The Labute approximate surface area is 231 Å². The molecule has 6 nitrogen and oxygen atoms in total. The third-order valence-electron chi connectivity index (χ3n) is 6.68. The standard InChI is InChI=1S/C30H63NO5P/c1-6-8-9-10-11-12-13-14-15-16-17-18-19-20-21-24-34-27-29(26-30(32)22-7-2)28-36-37(33)35-25-23-31(3,4)5/h29,33H,6-28H2,1-5H3/q+1. The van der Waals surface area contributed by atoms with Crippen molar-refractivity contribution in [2.75, 3.05) is 54.1 Å². The maximum Gasteiger partial charge on any atom is 0.330 e. The molecular weight excluding hydrogens is 485 g/mol. The summed E-state index contributed by atoms with van der Waals surface area (Å²) in [6, 6.07) is 0. The molecule has 0 saturated carbocycles. The normalized spacial score (nSPS) is 13.7. The van der Waals surface area contributed by atoms with Gasteiger partial charge in [-0.25, -0.2) is 0 Å². The van der Waals surface area contributed by atoms with Crippen LogP contribution in [0.3, 0.4) is 0 Å². The quantitative estimate of drug-likeness (QED) is 0.0580. The van der Waals surface area contributed by atoms with Crippen LogP contribution in [0.25, 0.3) is 0 Å². The topological polar surface area (TPSA) is 65.0 Å². The highest BCUT2D eigenvalue weighted by Crippen LogP contribution is 2.33. The van der Waals surface area contributed by atoms with Crippen molar-refractivity contribution in [2.45, 2.75) is 129 Å². The molecule has 7 heteroatoms. The second kappa shape index (κ2) is 26.1. The molecule has 0 aromatic rings. The molecule has 0 heterocycles. The number of carbonyl (C=O) groups is 1. The van der Waals surface area contributed by atoms with Crippen LogP contribution < -0.4 is 0 Å². The molecule has 0 aliphatic carbocycles. The Bertz CT molecular complexity index is 501. The molecule has 0 rings (SSSR count). The van der Waals surface area contributed by atoms with Gasteiger partial charge >= 0.3 is 8.60 Å². The first-order chi connectivity index (χ1) is 17.8. The summed E-state index contributed by atoms with van der Waals surface area (Å²) < 4.78 is 17.6. The molecule has 0 aromatic heterocycles. The highest BCUT2D eigenvalue weighted by Gasteiger charge is 2.18. The molecule has 2 atom stereocenters. The first-order valence-corrected chi connectivity index (χ1v) is 16.6. The van der Waals surface area contributed by atoms with Crippen LogP contribution in [-0.2, 0) is 18.6 Å². The van der Waals surface area contributed by atoms with E-state index in [4.69, 9.17) is 13.8 Å². The van der Waals surface area contributed by atoms with Crippen LogP contribution in [0.1, 0.15) is 129 Å². The lowest BCUT2D eigenvalue weighted by atomic mass is 10.0. The van der Waals surface area contributed by atoms with Crippen LogP contribution in [-0.4, -0.2) is 69.3 Å². The number of nitrogens with zero attached hydrogens (tertiary/aromatic N) is 1. The van der Waals surface area contributed by atoms with Crippen molar-refractivity contribution >= 4 is 14.4 Å². The molecule has 0 spiro atoms. The number of hydrogen-bond donors (Lipinski definition) is 1. The fourth-order valence-corrected chi connectivity index (χ4v) is 4.94. The second-order valence-electron chi connectivity index (χ2n) is 11.8. The zero-order valence-electron chi connectivity index (χ0n) is 25.3. The molecule has 222 valence electrons. The average molecular weight is 549 g/mol. The van der Waals surface area contributed by atoms with E-state index >= 15 is 0 Å². The number of ketones is 1. The van der Waals surface area contributed by atoms with Crippen molar-refractivity contribution in [3.63, 3.8) is 0 Å². The van der Waals surface area contributed by atoms with Crippen molar-refractivity contribution in [3.05, 3.63) is 0 Å². The number of unbranched alkanes of at least 4 members (excludes halogenated alkanes) is 14. The summed E-state index contributed by atoms with van der Waals surface area (Å²) in [5, 5.41) is 0. The Morgan fingerprint density at radius 1 is 0.703 bits per heavy atom. The summed E-state index contributed by atoms with van der Waals surface area (Å²) in [7, 11) is 4.32. The fraction of sp³-hybridized carbons (Fsp3) is 0.967. The third kappa shape index (κ3) is 28.7. The maximum atomic E-state index is 12.2. The maximum absolute atomic E-state index is 12.2. The molecule has 0 aliphatic rings. The van der Waals surface area contributed by atoms with E-state index in [1.54, 1.807) is 0 Å². The lowest BCUT2D eigenvalue weighted by Crippen LogP contribution is -2.37. The number of carbonyl (C=O) groups excluding carboxylic acids is 1. The van der Waals surface area contributed by atoms with Crippen molar-refractivity contribution in [1.29, 1.82) is 0 Å². The highest BCUT2D eigenvalue weighted by molar-refractivity contribution is 7.40. The molecule has 0 bridgehead atoms. The van der Waals surface area contributed by atoms with Crippen molar-refractivity contribution in [2.24, 2.45) is 5.92 Å². The summed E-state index contributed by atoms with van der Waals surface area (Å²) in [5.41, 5.74) is 0.